The van der Waals surface area contributed by atoms with E-state index in [0.29, 0.717) is 24.0 Å². The lowest BCUT2D eigenvalue weighted by Crippen LogP contribution is -2.27. The van der Waals surface area contributed by atoms with Crippen LogP contribution >= 0.6 is 0 Å². The zero-order chi connectivity index (χ0) is 15.4. The minimum atomic E-state index is -0.424. The molecule has 6 heteroatoms. The quantitative estimate of drug-likeness (QED) is 0.501. The molecule has 1 heterocycles. The Balaban J connectivity index is 2.65. The molecular formula is C15H17N3O3. The Morgan fingerprint density at radius 3 is 2.86 bits per heavy atom. The second-order valence-corrected chi connectivity index (χ2v) is 4.70. The molecule has 0 saturated carbocycles. The largest absolute Gasteiger partial charge is 0.395 e. The molecule has 0 unspecified atom stereocenters. The molecule has 0 atom stereocenters. The van der Waals surface area contributed by atoms with Gasteiger partial charge in [0.25, 0.3) is 5.69 Å². The molecule has 0 fully saturated rings. The molecular weight excluding hydrogens is 270 g/mol. The van der Waals surface area contributed by atoms with Gasteiger partial charge in [-0.15, -0.1) is 6.58 Å². The zero-order valence-corrected chi connectivity index (χ0v) is 11.8. The standard InChI is InChI=1S/C15H17N3O3/c1-3-6-17(7-8-19)15-9-11(2)16-14-5-4-12(18(20)21)10-13(14)15/h3-5,9-10,19H,1,6-8H2,2H3. The van der Waals surface area contributed by atoms with Gasteiger partial charge in [0.1, 0.15) is 0 Å². The maximum absolute atomic E-state index is 11.0. The molecule has 0 spiro atoms. The molecule has 21 heavy (non-hydrogen) atoms. The van der Waals surface area contributed by atoms with E-state index in [9.17, 15) is 15.2 Å². The van der Waals surface area contributed by atoms with Crippen molar-refractivity contribution in [3.63, 3.8) is 0 Å². The van der Waals surface area contributed by atoms with Gasteiger partial charge < -0.3 is 10.0 Å². The molecule has 0 bridgehead atoms. The van der Waals surface area contributed by atoms with Gasteiger partial charge >= 0.3 is 0 Å². The van der Waals surface area contributed by atoms with E-state index in [1.807, 2.05) is 17.9 Å². The Morgan fingerprint density at radius 2 is 2.24 bits per heavy atom. The van der Waals surface area contributed by atoms with Gasteiger partial charge in [-0.1, -0.05) is 6.08 Å². The molecule has 0 amide bonds. The lowest BCUT2D eigenvalue weighted by molar-refractivity contribution is -0.384. The highest BCUT2D eigenvalue weighted by Gasteiger charge is 2.14. The molecule has 1 N–H and O–H groups in total. The Bertz CT molecular complexity index is 685. The maximum atomic E-state index is 11.0. The van der Waals surface area contributed by atoms with Gasteiger partial charge in [-0.25, -0.2) is 0 Å². The summed E-state index contributed by atoms with van der Waals surface area (Å²) in [6, 6.07) is 6.48. The normalized spacial score (nSPS) is 10.6. The van der Waals surface area contributed by atoms with Crippen molar-refractivity contribution in [3.05, 3.63) is 52.7 Å². The number of benzene rings is 1. The van der Waals surface area contributed by atoms with Crippen molar-refractivity contribution in [3.8, 4) is 0 Å². The summed E-state index contributed by atoms with van der Waals surface area (Å²) in [6.45, 7) is 6.54. The minimum absolute atomic E-state index is 0.00830. The van der Waals surface area contributed by atoms with Crippen LogP contribution in [0.2, 0.25) is 0 Å². The highest BCUT2D eigenvalue weighted by molar-refractivity contribution is 5.93. The van der Waals surface area contributed by atoms with Gasteiger partial charge in [-0.3, -0.25) is 15.1 Å². The first-order valence-electron chi connectivity index (χ1n) is 6.59. The Kier molecular flexibility index (Phi) is 4.49. The third-order valence-corrected chi connectivity index (χ3v) is 3.17. The summed E-state index contributed by atoms with van der Waals surface area (Å²) in [4.78, 5) is 16.9. The summed E-state index contributed by atoms with van der Waals surface area (Å²) in [5, 5.41) is 20.9. The van der Waals surface area contributed by atoms with Crippen LogP contribution in [0.15, 0.2) is 36.9 Å². The minimum Gasteiger partial charge on any atom is -0.395 e. The van der Waals surface area contributed by atoms with Crippen LogP contribution in [0.1, 0.15) is 5.69 Å². The molecule has 0 aliphatic rings. The monoisotopic (exact) mass is 287 g/mol. The average molecular weight is 287 g/mol. The molecule has 0 aliphatic heterocycles. The molecule has 0 radical (unpaired) electrons. The summed E-state index contributed by atoms with van der Waals surface area (Å²) in [5.74, 6) is 0. The molecule has 2 rings (SSSR count). The summed E-state index contributed by atoms with van der Waals surface area (Å²) in [5.41, 5.74) is 2.35. The SMILES string of the molecule is C=CCN(CCO)c1cc(C)nc2ccc([N+](=O)[O-])cc12. The number of fused-ring (bicyclic) bond motifs is 1. The van der Waals surface area contributed by atoms with Gasteiger partial charge in [0.2, 0.25) is 0 Å². The van der Waals surface area contributed by atoms with E-state index < -0.39 is 4.92 Å². The van der Waals surface area contributed by atoms with Gasteiger partial charge in [-0.05, 0) is 19.1 Å². The number of pyridine rings is 1. The number of nitrogens with zero attached hydrogens (tertiary/aromatic N) is 3. The van der Waals surface area contributed by atoms with Crippen LogP contribution in [0, 0.1) is 17.0 Å². The number of non-ortho nitro benzene ring substituents is 1. The third-order valence-electron chi connectivity index (χ3n) is 3.17. The van der Waals surface area contributed by atoms with Crippen molar-refractivity contribution in [1.82, 2.24) is 4.98 Å². The molecule has 1 aromatic heterocycles. The van der Waals surface area contributed by atoms with E-state index >= 15 is 0 Å². The number of hydrogen-bond acceptors (Lipinski definition) is 5. The van der Waals surface area contributed by atoms with Crippen LogP contribution in [0.25, 0.3) is 10.9 Å². The van der Waals surface area contributed by atoms with Crippen LogP contribution in [0.4, 0.5) is 11.4 Å². The highest BCUT2D eigenvalue weighted by Crippen LogP contribution is 2.29. The Hall–Kier alpha value is -2.47. The average Bonchev–Trinajstić information content (AvgIpc) is 2.45. The maximum Gasteiger partial charge on any atom is 0.270 e. The number of hydrogen-bond donors (Lipinski definition) is 1. The molecule has 110 valence electrons. The topological polar surface area (TPSA) is 79.5 Å². The van der Waals surface area contributed by atoms with Crippen molar-refractivity contribution in [2.24, 2.45) is 0 Å². The third kappa shape index (κ3) is 3.17. The zero-order valence-electron chi connectivity index (χ0n) is 11.8. The number of aliphatic hydroxyl groups excluding tert-OH is 1. The molecule has 0 saturated heterocycles. The predicted molar refractivity (Wildman–Crippen MR) is 82.6 cm³/mol. The molecule has 2 aromatic rings. The fourth-order valence-electron chi connectivity index (χ4n) is 2.29. The van der Waals surface area contributed by atoms with Crippen LogP contribution in [0.5, 0.6) is 0 Å². The van der Waals surface area contributed by atoms with E-state index in [1.54, 1.807) is 12.1 Å². The first-order chi connectivity index (χ1) is 10.1. The lowest BCUT2D eigenvalue weighted by atomic mass is 10.1. The van der Waals surface area contributed by atoms with Crippen molar-refractivity contribution >= 4 is 22.3 Å². The van der Waals surface area contributed by atoms with Gasteiger partial charge in [0.15, 0.2) is 0 Å². The van der Waals surface area contributed by atoms with Crippen LogP contribution in [-0.2, 0) is 0 Å². The summed E-state index contributed by atoms with van der Waals surface area (Å²) < 4.78 is 0. The van der Waals surface area contributed by atoms with E-state index in [2.05, 4.69) is 11.6 Å². The summed E-state index contributed by atoms with van der Waals surface area (Å²) in [7, 11) is 0. The number of nitro groups is 1. The Morgan fingerprint density at radius 1 is 1.48 bits per heavy atom. The second-order valence-electron chi connectivity index (χ2n) is 4.70. The van der Waals surface area contributed by atoms with Gasteiger partial charge in [0.05, 0.1) is 17.0 Å². The van der Waals surface area contributed by atoms with E-state index in [-0.39, 0.29) is 12.3 Å². The summed E-state index contributed by atoms with van der Waals surface area (Å²) in [6.07, 6.45) is 1.73. The number of rotatable bonds is 6. The molecule has 0 aliphatic carbocycles. The highest BCUT2D eigenvalue weighted by atomic mass is 16.6. The fraction of sp³-hybridized carbons (Fsp3) is 0.267. The number of anilines is 1. The number of aliphatic hydroxyl groups is 1. The van der Waals surface area contributed by atoms with Crippen molar-refractivity contribution in [2.75, 3.05) is 24.6 Å². The number of nitro benzene ring substituents is 1. The fourth-order valence-corrected chi connectivity index (χ4v) is 2.29. The summed E-state index contributed by atoms with van der Waals surface area (Å²) >= 11 is 0. The van der Waals surface area contributed by atoms with Crippen LogP contribution in [0.3, 0.4) is 0 Å². The smallest absolute Gasteiger partial charge is 0.270 e. The van der Waals surface area contributed by atoms with E-state index in [1.165, 1.54) is 12.1 Å². The van der Waals surface area contributed by atoms with Crippen LogP contribution < -0.4 is 4.90 Å². The van der Waals surface area contributed by atoms with Crippen molar-refractivity contribution in [1.29, 1.82) is 0 Å². The first kappa shape index (κ1) is 14.9. The number of aryl methyl sites for hydroxylation is 1. The van der Waals surface area contributed by atoms with E-state index in [0.717, 1.165) is 11.4 Å². The van der Waals surface area contributed by atoms with E-state index in [4.69, 9.17) is 0 Å². The number of aromatic nitrogens is 1. The van der Waals surface area contributed by atoms with Gasteiger partial charge in [-0.2, -0.15) is 0 Å². The van der Waals surface area contributed by atoms with Gasteiger partial charge in [0, 0.05) is 42.0 Å². The second kappa shape index (κ2) is 6.32. The lowest BCUT2D eigenvalue weighted by Gasteiger charge is -2.24. The predicted octanol–water partition coefficient (Wildman–Crippen LogP) is 2.44. The van der Waals surface area contributed by atoms with Crippen molar-refractivity contribution in [2.45, 2.75) is 6.92 Å². The van der Waals surface area contributed by atoms with Crippen LogP contribution in [-0.4, -0.2) is 34.7 Å². The Labute approximate surface area is 122 Å². The van der Waals surface area contributed by atoms with Crippen molar-refractivity contribution < 1.29 is 10.0 Å². The first-order valence-corrected chi connectivity index (χ1v) is 6.59. The molecule has 6 nitrogen and oxygen atoms in total. The molecule has 1 aromatic carbocycles.